The smallest absolute Gasteiger partial charge is 0.254 e. The zero-order valence-corrected chi connectivity index (χ0v) is 17.1. The van der Waals surface area contributed by atoms with Crippen LogP contribution in [0, 0.1) is 0 Å². The number of benzene rings is 2. The first-order valence-electron chi connectivity index (χ1n) is 7.86. The second-order valence-corrected chi connectivity index (χ2v) is 8.08. The van der Waals surface area contributed by atoms with E-state index in [-0.39, 0.29) is 16.2 Å². The summed E-state index contributed by atoms with van der Waals surface area (Å²) >= 11 is 11.4. The minimum atomic E-state index is -4.04. The number of rotatable bonds is 6. The number of sulfonamides is 1. The van der Waals surface area contributed by atoms with E-state index in [2.05, 4.69) is 9.97 Å². The summed E-state index contributed by atoms with van der Waals surface area (Å²) in [6, 6.07) is 9.88. The van der Waals surface area contributed by atoms with Crippen LogP contribution in [0.1, 0.15) is 0 Å². The van der Waals surface area contributed by atoms with Crippen LogP contribution in [0.15, 0.2) is 53.8 Å². The Morgan fingerprint density at radius 3 is 2.25 bits per heavy atom. The number of nitrogens with zero attached hydrogens (tertiary/aromatic N) is 2. The Balaban J connectivity index is 2.34. The zero-order valence-electron chi connectivity index (χ0n) is 14.8. The minimum absolute atomic E-state index is 0.117. The van der Waals surface area contributed by atoms with Gasteiger partial charge >= 0.3 is 0 Å². The molecule has 0 aliphatic carbocycles. The summed E-state index contributed by atoms with van der Waals surface area (Å²) in [5.41, 5.74) is 2.02. The molecule has 1 heterocycles. The Bertz CT molecular complexity index is 1110. The monoisotopic (exact) mass is 439 g/mol. The number of hydrogen-bond donors (Lipinski definition) is 1. The third-order valence-corrected chi connectivity index (χ3v) is 5.98. The molecule has 0 aliphatic rings. The highest BCUT2D eigenvalue weighted by molar-refractivity contribution is 7.90. The van der Waals surface area contributed by atoms with Crippen LogP contribution < -0.4 is 13.7 Å². The second kappa shape index (κ2) is 8.32. The number of ether oxygens (including phenoxy) is 2. The molecule has 0 radical (unpaired) electrons. The Kier molecular flexibility index (Phi) is 6.04. The SMILES string of the molecule is COc1cc(-c2ncncc2-c2ccc(Cl)cc2)c(S(=O)(=O)NCl)cc1OC. The van der Waals surface area contributed by atoms with Crippen LogP contribution in [0.2, 0.25) is 5.02 Å². The van der Waals surface area contributed by atoms with E-state index in [1.54, 1.807) is 30.5 Å². The fraction of sp³-hybridized carbons (Fsp3) is 0.111. The molecule has 2 aromatic carbocycles. The third kappa shape index (κ3) is 3.90. The second-order valence-electron chi connectivity index (χ2n) is 5.58. The number of nitrogens with one attached hydrogen (secondary N) is 1. The summed E-state index contributed by atoms with van der Waals surface area (Å²) in [5.74, 6) is 0.575. The van der Waals surface area contributed by atoms with E-state index in [1.807, 2.05) is 4.24 Å². The Hall–Kier alpha value is -2.39. The number of hydrogen-bond acceptors (Lipinski definition) is 6. The lowest BCUT2D eigenvalue weighted by Gasteiger charge is -2.16. The van der Waals surface area contributed by atoms with Gasteiger partial charge in [-0.05, 0) is 35.5 Å². The molecule has 0 saturated heterocycles. The first kappa shape index (κ1) is 20.3. The Labute approximate surface area is 172 Å². The van der Waals surface area contributed by atoms with Crippen molar-refractivity contribution in [1.82, 2.24) is 14.2 Å². The van der Waals surface area contributed by atoms with Crippen molar-refractivity contribution in [3.8, 4) is 33.9 Å². The van der Waals surface area contributed by atoms with E-state index in [0.717, 1.165) is 5.56 Å². The van der Waals surface area contributed by atoms with Crippen LogP contribution in [0.25, 0.3) is 22.4 Å². The molecule has 0 amide bonds. The van der Waals surface area contributed by atoms with Gasteiger partial charge in [-0.1, -0.05) is 23.7 Å². The molecule has 28 heavy (non-hydrogen) atoms. The Morgan fingerprint density at radius 1 is 1.00 bits per heavy atom. The largest absolute Gasteiger partial charge is 0.493 e. The molecule has 0 unspecified atom stereocenters. The lowest BCUT2D eigenvalue weighted by molar-refractivity contribution is 0.354. The first-order valence-corrected chi connectivity index (χ1v) is 10.1. The van der Waals surface area contributed by atoms with E-state index in [9.17, 15) is 8.42 Å². The van der Waals surface area contributed by atoms with Crippen LogP contribution in [-0.2, 0) is 10.0 Å². The van der Waals surface area contributed by atoms with Gasteiger partial charge in [-0.2, -0.15) is 0 Å². The van der Waals surface area contributed by atoms with Crippen molar-refractivity contribution in [2.24, 2.45) is 0 Å². The highest BCUT2D eigenvalue weighted by atomic mass is 35.5. The minimum Gasteiger partial charge on any atom is -0.493 e. The predicted octanol–water partition coefficient (Wildman–Crippen LogP) is 3.91. The number of methoxy groups -OCH3 is 2. The van der Waals surface area contributed by atoms with Crippen molar-refractivity contribution in [2.45, 2.75) is 4.90 Å². The normalized spacial score (nSPS) is 11.3. The molecule has 0 atom stereocenters. The van der Waals surface area contributed by atoms with Crippen molar-refractivity contribution >= 4 is 33.4 Å². The molecule has 1 aromatic heterocycles. The van der Waals surface area contributed by atoms with Gasteiger partial charge in [0.2, 0.25) is 0 Å². The van der Waals surface area contributed by atoms with Gasteiger partial charge in [-0.15, -0.1) is 4.24 Å². The Morgan fingerprint density at radius 2 is 1.64 bits per heavy atom. The highest BCUT2D eigenvalue weighted by Crippen LogP contribution is 2.40. The summed E-state index contributed by atoms with van der Waals surface area (Å²) in [5, 5.41) is 0.572. The number of halogens is 2. The van der Waals surface area contributed by atoms with Crippen LogP contribution in [-0.4, -0.2) is 32.6 Å². The van der Waals surface area contributed by atoms with Gasteiger partial charge in [0.15, 0.2) is 11.5 Å². The topological polar surface area (TPSA) is 90.4 Å². The standard InChI is InChI=1S/C18H15Cl2N3O4S/c1-26-15-7-13(17(8-16(15)27-2)28(24,25)23-20)18-14(9-21-10-22-18)11-3-5-12(19)6-4-11/h3-10,23H,1-2H3. The first-order chi connectivity index (χ1) is 13.4. The average molecular weight is 440 g/mol. The summed E-state index contributed by atoms with van der Waals surface area (Å²) in [6.45, 7) is 0. The van der Waals surface area contributed by atoms with Crippen molar-refractivity contribution < 1.29 is 17.9 Å². The molecule has 7 nitrogen and oxygen atoms in total. The van der Waals surface area contributed by atoms with Gasteiger partial charge in [0.1, 0.15) is 6.33 Å². The van der Waals surface area contributed by atoms with Gasteiger partial charge in [-0.25, -0.2) is 18.4 Å². The molecular weight excluding hydrogens is 425 g/mol. The fourth-order valence-electron chi connectivity index (χ4n) is 2.69. The van der Waals surface area contributed by atoms with Crippen LogP contribution in [0.3, 0.4) is 0 Å². The molecular formula is C18H15Cl2N3O4S. The predicted molar refractivity (Wildman–Crippen MR) is 107 cm³/mol. The summed E-state index contributed by atoms with van der Waals surface area (Å²) < 4.78 is 37.5. The molecule has 1 N–H and O–H groups in total. The van der Waals surface area contributed by atoms with E-state index in [0.29, 0.717) is 22.0 Å². The molecule has 0 saturated carbocycles. The molecule has 0 fully saturated rings. The van der Waals surface area contributed by atoms with Gasteiger partial charge in [0.25, 0.3) is 10.0 Å². The van der Waals surface area contributed by atoms with E-state index in [4.69, 9.17) is 32.9 Å². The van der Waals surface area contributed by atoms with Crippen LogP contribution >= 0.6 is 23.4 Å². The maximum atomic E-state index is 12.6. The van der Waals surface area contributed by atoms with Crippen molar-refractivity contribution in [3.05, 3.63) is 53.9 Å². The maximum absolute atomic E-state index is 12.6. The van der Waals surface area contributed by atoms with Crippen LogP contribution in [0.4, 0.5) is 0 Å². The highest BCUT2D eigenvalue weighted by Gasteiger charge is 2.25. The molecule has 0 bridgehead atoms. The van der Waals surface area contributed by atoms with E-state index in [1.165, 1.54) is 32.7 Å². The van der Waals surface area contributed by atoms with Gasteiger partial charge < -0.3 is 9.47 Å². The van der Waals surface area contributed by atoms with Crippen molar-refractivity contribution in [1.29, 1.82) is 0 Å². The molecule has 10 heteroatoms. The lowest BCUT2D eigenvalue weighted by Crippen LogP contribution is -2.15. The maximum Gasteiger partial charge on any atom is 0.254 e. The van der Waals surface area contributed by atoms with E-state index < -0.39 is 10.0 Å². The molecule has 3 rings (SSSR count). The third-order valence-electron chi connectivity index (χ3n) is 4.00. The molecule has 3 aromatic rings. The molecule has 0 spiro atoms. The summed E-state index contributed by atoms with van der Waals surface area (Å²) in [7, 11) is -1.18. The summed E-state index contributed by atoms with van der Waals surface area (Å²) in [4.78, 5) is 8.26. The fourth-order valence-corrected chi connectivity index (χ4v) is 3.86. The average Bonchev–Trinajstić information content (AvgIpc) is 2.73. The van der Waals surface area contributed by atoms with Crippen molar-refractivity contribution in [3.63, 3.8) is 0 Å². The lowest BCUT2D eigenvalue weighted by atomic mass is 10.0. The number of aromatic nitrogens is 2. The quantitative estimate of drug-likeness (QED) is 0.585. The molecule has 0 aliphatic heterocycles. The van der Waals surface area contributed by atoms with Gasteiger partial charge in [-0.3, -0.25) is 0 Å². The molecule has 146 valence electrons. The summed E-state index contributed by atoms with van der Waals surface area (Å²) in [6.07, 6.45) is 2.92. The van der Waals surface area contributed by atoms with Gasteiger partial charge in [0, 0.05) is 28.4 Å². The van der Waals surface area contributed by atoms with E-state index >= 15 is 0 Å². The van der Waals surface area contributed by atoms with Crippen LogP contribution in [0.5, 0.6) is 11.5 Å². The van der Waals surface area contributed by atoms with Crippen molar-refractivity contribution in [2.75, 3.05) is 14.2 Å². The zero-order chi connectivity index (χ0) is 20.3. The van der Waals surface area contributed by atoms with Gasteiger partial charge in [0.05, 0.1) is 24.8 Å².